The van der Waals surface area contributed by atoms with Crippen LogP contribution in [0, 0.1) is 5.92 Å². The van der Waals surface area contributed by atoms with Gasteiger partial charge in [-0.25, -0.2) is 0 Å². The lowest BCUT2D eigenvalue weighted by Gasteiger charge is -2.46. The quantitative estimate of drug-likeness (QED) is 0.834. The summed E-state index contributed by atoms with van der Waals surface area (Å²) in [4.78, 5) is 2.72. The average molecular weight is 351 g/mol. The van der Waals surface area contributed by atoms with E-state index in [4.69, 9.17) is 0 Å². The molecule has 3 rings (SSSR count). The Balaban J connectivity index is 1.95. The van der Waals surface area contributed by atoms with Gasteiger partial charge in [-0.1, -0.05) is 34.8 Å². The van der Waals surface area contributed by atoms with Gasteiger partial charge in [-0.05, 0) is 63.3 Å². The molecule has 0 amide bonds. The molecule has 0 aromatic heterocycles. The second kappa shape index (κ2) is 6.70. The van der Waals surface area contributed by atoms with Gasteiger partial charge in [-0.3, -0.25) is 0 Å². The van der Waals surface area contributed by atoms with Crippen molar-refractivity contribution in [2.24, 2.45) is 5.92 Å². The van der Waals surface area contributed by atoms with Gasteiger partial charge in [0, 0.05) is 28.8 Å². The third-order valence-electron chi connectivity index (χ3n) is 5.44. The van der Waals surface area contributed by atoms with Gasteiger partial charge in [-0.15, -0.1) is 0 Å². The molecular formula is C18H27BrN2. The van der Waals surface area contributed by atoms with E-state index >= 15 is 0 Å². The number of piperidine rings is 1. The maximum Gasteiger partial charge on any atom is 0.0428 e. The predicted molar refractivity (Wildman–Crippen MR) is 93.9 cm³/mol. The van der Waals surface area contributed by atoms with E-state index < -0.39 is 0 Å². The van der Waals surface area contributed by atoms with E-state index in [0.717, 1.165) is 12.0 Å². The number of nitrogens with one attached hydrogen (secondary N) is 1. The summed E-state index contributed by atoms with van der Waals surface area (Å²) in [5.74, 6) is 0.921. The fourth-order valence-electron chi connectivity index (χ4n) is 4.21. The van der Waals surface area contributed by atoms with Crippen LogP contribution in [-0.4, -0.2) is 19.6 Å². The number of halogens is 1. The van der Waals surface area contributed by atoms with Crippen LogP contribution in [0.3, 0.4) is 0 Å². The molecule has 0 spiro atoms. The Hall–Kier alpha value is -0.540. The second-order valence-electron chi connectivity index (χ2n) is 6.66. The lowest BCUT2D eigenvalue weighted by Crippen LogP contribution is -2.47. The first-order valence-electron chi connectivity index (χ1n) is 8.44. The molecule has 1 saturated carbocycles. The molecule has 1 aromatic carbocycles. The number of fused-ring (bicyclic) bond motifs is 1. The minimum Gasteiger partial charge on any atom is -0.368 e. The molecule has 1 saturated heterocycles. The topological polar surface area (TPSA) is 15.3 Å². The Morgan fingerprint density at radius 1 is 1.19 bits per heavy atom. The Morgan fingerprint density at radius 2 is 1.95 bits per heavy atom. The summed E-state index contributed by atoms with van der Waals surface area (Å²) < 4.78 is 1.20. The van der Waals surface area contributed by atoms with Gasteiger partial charge in [0.1, 0.15) is 0 Å². The molecule has 3 unspecified atom stereocenters. The minimum absolute atomic E-state index is 0.400. The van der Waals surface area contributed by atoms with Crippen LogP contribution < -0.4 is 10.2 Å². The Kier molecular flexibility index (Phi) is 4.90. The second-order valence-corrected chi connectivity index (χ2v) is 7.58. The Morgan fingerprint density at radius 3 is 2.76 bits per heavy atom. The zero-order chi connectivity index (χ0) is 14.8. The first-order valence-corrected chi connectivity index (χ1v) is 9.23. The van der Waals surface area contributed by atoms with Crippen LogP contribution in [0.2, 0.25) is 0 Å². The van der Waals surface area contributed by atoms with Gasteiger partial charge in [0.2, 0.25) is 0 Å². The summed E-state index contributed by atoms with van der Waals surface area (Å²) in [5, 5.41) is 3.41. The van der Waals surface area contributed by atoms with Gasteiger partial charge in [0.25, 0.3) is 0 Å². The predicted octanol–water partition coefficient (Wildman–Crippen LogP) is 4.89. The number of hydrogen-bond donors (Lipinski definition) is 1. The molecule has 2 aliphatic rings. The normalized spacial score (nSPS) is 27.3. The smallest absolute Gasteiger partial charge is 0.0428 e. The van der Waals surface area contributed by atoms with Crippen LogP contribution in [0.5, 0.6) is 0 Å². The van der Waals surface area contributed by atoms with Gasteiger partial charge < -0.3 is 10.2 Å². The molecule has 1 aromatic rings. The van der Waals surface area contributed by atoms with Crippen molar-refractivity contribution in [3.05, 3.63) is 28.2 Å². The van der Waals surface area contributed by atoms with E-state index in [9.17, 15) is 0 Å². The highest BCUT2D eigenvalue weighted by atomic mass is 79.9. The molecule has 2 nitrogen and oxygen atoms in total. The van der Waals surface area contributed by atoms with Crippen molar-refractivity contribution in [3.8, 4) is 0 Å². The van der Waals surface area contributed by atoms with Crippen LogP contribution in [-0.2, 0) is 0 Å². The standard InChI is InChI=1S/C18H27BrN2/c1-13(20-2)16-10-9-15(19)12-18(16)21-11-5-7-14-6-3-4-8-17(14)21/h9-10,12-14,17,20H,3-8,11H2,1-2H3. The molecule has 2 fully saturated rings. The zero-order valence-electron chi connectivity index (χ0n) is 13.2. The van der Waals surface area contributed by atoms with Crippen molar-refractivity contribution in [2.75, 3.05) is 18.5 Å². The maximum atomic E-state index is 3.67. The molecule has 0 radical (unpaired) electrons. The third-order valence-corrected chi connectivity index (χ3v) is 5.94. The summed E-state index contributed by atoms with van der Waals surface area (Å²) in [6.07, 6.45) is 8.44. The maximum absolute atomic E-state index is 3.67. The highest BCUT2D eigenvalue weighted by Gasteiger charge is 2.34. The van der Waals surface area contributed by atoms with E-state index in [1.54, 1.807) is 0 Å². The molecular weight excluding hydrogens is 324 g/mol. The van der Waals surface area contributed by atoms with Gasteiger partial charge in [0.05, 0.1) is 0 Å². The molecule has 1 N–H and O–H groups in total. The summed E-state index contributed by atoms with van der Waals surface area (Å²) in [7, 11) is 2.05. The first-order chi connectivity index (χ1) is 10.2. The third kappa shape index (κ3) is 3.14. The SMILES string of the molecule is CNC(C)c1ccc(Br)cc1N1CCCC2CCCCC21. The van der Waals surface area contributed by atoms with Gasteiger partial charge in [0.15, 0.2) is 0 Å². The van der Waals surface area contributed by atoms with Crippen molar-refractivity contribution in [2.45, 2.75) is 57.5 Å². The number of benzene rings is 1. The fourth-order valence-corrected chi connectivity index (χ4v) is 4.56. The zero-order valence-corrected chi connectivity index (χ0v) is 14.8. The molecule has 1 heterocycles. The van der Waals surface area contributed by atoms with E-state index in [1.807, 2.05) is 0 Å². The van der Waals surface area contributed by atoms with Crippen molar-refractivity contribution < 1.29 is 0 Å². The number of rotatable bonds is 3. The van der Waals surface area contributed by atoms with Crippen LogP contribution in [0.25, 0.3) is 0 Å². The summed E-state index contributed by atoms with van der Waals surface area (Å²) in [6, 6.07) is 7.96. The van der Waals surface area contributed by atoms with Crippen LogP contribution >= 0.6 is 15.9 Å². The molecule has 1 aliphatic carbocycles. The van der Waals surface area contributed by atoms with Crippen LogP contribution in [0.4, 0.5) is 5.69 Å². The highest BCUT2D eigenvalue weighted by molar-refractivity contribution is 9.10. The summed E-state index contributed by atoms with van der Waals surface area (Å²) in [6.45, 7) is 3.48. The van der Waals surface area contributed by atoms with E-state index in [-0.39, 0.29) is 0 Å². The van der Waals surface area contributed by atoms with E-state index in [2.05, 4.69) is 58.3 Å². The highest BCUT2D eigenvalue weighted by Crippen LogP contribution is 2.40. The molecule has 0 bridgehead atoms. The molecule has 1 aliphatic heterocycles. The fraction of sp³-hybridized carbons (Fsp3) is 0.667. The molecule has 3 atom stereocenters. The van der Waals surface area contributed by atoms with Crippen molar-refractivity contribution >= 4 is 21.6 Å². The van der Waals surface area contributed by atoms with Crippen molar-refractivity contribution in [3.63, 3.8) is 0 Å². The van der Waals surface area contributed by atoms with Crippen molar-refractivity contribution in [1.29, 1.82) is 0 Å². The first kappa shape index (κ1) is 15.4. The molecule has 21 heavy (non-hydrogen) atoms. The Bertz CT molecular complexity index is 486. The number of anilines is 1. The minimum atomic E-state index is 0.400. The molecule has 3 heteroatoms. The Labute approximate surface area is 137 Å². The van der Waals surface area contributed by atoms with E-state index in [0.29, 0.717) is 6.04 Å². The monoisotopic (exact) mass is 350 g/mol. The number of nitrogens with zero attached hydrogens (tertiary/aromatic N) is 1. The number of hydrogen-bond acceptors (Lipinski definition) is 2. The van der Waals surface area contributed by atoms with Crippen LogP contribution in [0.15, 0.2) is 22.7 Å². The van der Waals surface area contributed by atoms with Crippen LogP contribution in [0.1, 0.15) is 57.1 Å². The van der Waals surface area contributed by atoms with Crippen molar-refractivity contribution in [1.82, 2.24) is 5.32 Å². The van der Waals surface area contributed by atoms with Gasteiger partial charge >= 0.3 is 0 Å². The van der Waals surface area contributed by atoms with E-state index in [1.165, 1.54) is 60.8 Å². The largest absolute Gasteiger partial charge is 0.368 e. The van der Waals surface area contributed by atoms with Gasteiger partial charge in [-0.2, -0.15) is 0 Å². The lowest BCUT2D eigenvalue weighted by molar-refractivity contribution is 0.243. The lowest BCUT2D eigenvalue weighted by atomic mass is 9.78. The summed E-state index contributed by atoms with van der Waals surface area (Å²) >= 11 is 3.67. The molecule has 116 valence electrons. The summed E-state index contributed by atoms with van der Waals surface area (Å²) in [5.41, 5.74) is 2.88. The average Bonchev–Trinajstić information content (AvgIpc) is 2.53.